The van der Waals surface area contributed by atoms with Gasteiger partial charge in [-0.2, -0.15) is 0 Å². The molecule has 186 valence electrons. The normalized spacial score (nSPS) is 26.0. The predicted molar refractivity (Wildman–Crippen MR) is 140 cm³/mol. The summed E-state index contributed by atoms with van der Waals surface area (Å²) in [5.41, 5.74) is 0. The van der Waals surface area contributed by atoms with Gasteiger partial charge in [-0.3, -0.25) is 0 Å². The first-order valence-corrected chi connectivity index (χ1v) is 14.9. The van der Waals surface area contributed by atoms with Gasteiger partial charge in [-0.25, -0.2) is 0 Å². The van der Waals surface area contributed by atoms with E-state index in [0.717, 1.165) is 58.2 Å². The zero-order valence-electron chi connectivity index (χ0n) is 21.4. The lowest BCUT2D eigenvalue weighted by molar-refractivity contribution is -0.338. The summed E-state index contributed by atoms with van der Waals surface area (Å²) in [5, 5.41) is 2.67. The van der Waals surface area contributed by atoms with Crippen LogP contribution in [0.1, 0.15) is 65.7 Å². The second-order valence-electron chi connectivity index (χ2n) is 10.8. The standard InChI is InChI=1S/C29H42O4Si/c1-28(2,3)34(25-15-7-5-8-16-25,26-17-9-6-10-18-26)32-23-13-14-24-19-20-27(30-4)29(33-24)21-11-12-22-31-29/h5-10,15-18,24,27H,11-14,19-23H2,1-4H3/t24-,27+,29+/m1/s1. The summed E-state index contributed by atoms with van der Waals surface area (Å²) in [6, 6.07) is 21.8. The Morgan fingerprint density at radius 2 is 1.59 bits per heavy atom. The zero-order valence-corrected chi connectivity index (χ0v) is 22.4. The predicted octanol–water partition coefficient (Wildman–Crippen LogP) is 5.43. The molecule has 2 aliphatic rings. The highest BCUT2D eigenvalue weighted by Crippen LogP contribution is 2.40. The van der Waals surface area contributed by atoms with Crippen molar-refractivity contribution in [2.75, 3.05) is 20.3 Å². The molecule has 2 fully saturated rings. The molecule has 2 saturated heterocycles. The minimum absolute atomic E-state index is 0.00271. The van der Waals surface area contributed by atoms with Crippen molar-refractivity contribution in [1.82, 2.24) is 0 Å². The van der Waals surface area contributed by atoms with Crippen molar-refractivity contribution in [2.45, 2.75) is 88.8 Å². The number of benzene rings is 2. The fourth-order valence-corrected chi connectivity index (χ4v) is 10.5. The Kier molecular flexibility index (Phi) is 8.31. The van der Waals surface area contributed by atoms with E-state index >= 15 is 0 Å². The van der Waals surface area contributed by atoms with Crippen LogP contribution in [0.5, 0.6) is 0 Å². The molecule has 1 spiro atoms. The van der Waals surface area contributed by atoms with Crippen molar-refractivity contribution in [3.63, 3.8) is 0 Å². The molecule has 0 saturated carbocycles. The fourth-order valence-electron chi connectivity index (χ4n) is 5.91. The van der Waals surface area contributed by atoms with Crippen LogP contribution >= 0.6 is 0 Å². The zero-order chi connectivity index (χ0) is 24.1. The largest absolute Gasteiger partial charge is 0.407 e. The van der Waals surface area contributed by atoms with Crippen LogP contribution in [0, 0.1) is 0 Å². The summed E-state index contributed by atoms with van der Waals surface area (Å²) in [6.45, 7) is 8.49. The van der Waals surface area contributed by atoms with Gasteiger partial charge in [0.1, 0.15) is 6.10 Å². The summed E-state index contributed by atoms with van der Waals surface area (Å²) < 4.78 is 25.6. The maximum Gasteiger partial charge on any atom is 0.261 e. The Morgan fingerprint density at radius 3 is 2.12 bits per heavy atom. The molecule has 2 aromatic rings. The van der Waals surface area contributed by atoms with Gasteiger partial charge in [-0.15, -0.1) is 0 Å². The molecule has 2 heterocycles. The summed E-state index contributed by atoms with van der Waals surface area (Å²) in [6.07, 6.45) is 7.40. The first-order chi connectivity index (χ1) is 16.4. The van der Waals surface area contributed by atoms with Gasteiger partial charge in [0.05, 0.1) is 12.7 Å². The smallest absolute Gasteiger partial charge is 0.261 e. The van der Waals surface area contributed by atoms with E-state index in [4.69, 9.17) is 18.6 Å². The van der Waals surface area contributed by atoms with E-state index < -0.39 is 14.1 Å². The summed E-state index contributed by atoms with van der Waals surface area (Å²) in [4.78, 5) is 0. The molecule has 34 heavy (non-hydrogen) atoms. The fraction of sp³-hybridized carbons (Fsp3) is 0.586. The van der Waals surface area contributed by atoms with Gasteiger partial charge in [0.15, 0.2) is 5.79 Å². The Bertz CT molecular complexity index is 835. The third kappa shape index (κ3) is 5.19. The Morgan fingerprint density at radius 1 is 0.941 bits per heavy atom. The van der Waals surface area contributed by atoms with E-state index in [0.29, 0.717) is 0 Å². The van der Waals surface area contributed by atoms with Gasteiger partial charge in [0, 0.05) is 20.1 Å². The summed E-state index contributed by atoms with van der Waals surface area (Å²) in [7, 11) is -0.694. The molecule has 4 nitrogen and oxygen atoms in total. The average Bonchev–Trinajstić information content (AvgIpc) is 2.85. The van der Waals surface area contributed by atoms with Gasteiger partial charge in [-0.1, -0.05) is 81.4 Å². The van der Waals surface area contributed by atoms with Crippen molar-refractivity contribution in [1.29, 1.82) is 0 Å². The van der Waals surface area contributed by atoms with E-state index in [2.05, 4.69) is 81.4 Å². The molecular formula is C29H42O4Si. The number of hydrogen-bond acceptors (Lipinski definition) is 4. The summed E-state index contributed by atoms with van der Waals surface area (Å²) >= 11 is 0. The topological polar surface area (TPSA) is 36.9 Å². The maximum absolute atomic E-state index is 7.06. The minimum atomic E-state index is -2.48. The van der Waals surface area contributed by atoms with Gasteiger partial charge in [0.2, 0.25) is 0 Å². The highest BCUT2D eigenvalue weighted by atomic mass is 28.4. The van der Waals surface area contributed by atoms with Crippen molar-refractivity contribution < 1.29 is 18.6 Å². The minimum Gasteiger partial charge on any atom is -0.407 e. The van der Waals surface area contributed by atoms with E-state index in [-0.39, 0.29) is 17.2 Å². The lowest BCUT2D eigenvalue weighted by Crippen LogP contribution is -2.66. The lowest BCUT2D eigenvalue weighted by Gasteiger charge is -2.47. The highest BCUT2D eigenvalue weighted by molar-refractivity contribution is 6.99. The van der Waals surface area contributed by atoms with Gasteiger partial charge in [0.25, 0.3) is 8.32 Å². The quantitative estimate of drug-likeness (QED) is 0.371. The number of methoxy groups -OCH3 is 1. The van der Waals surface area contributed by atoms with Crippen LogP contribution < -0.4 is 10.4 Å². The first-order valence-electron chi connectivity index (χ1n) is 13.0. The molecule has 0 aromatic heterocycles. The van der Waals surface area contributed by atoms with Crippen molar-refractivity contribution in [3.8, 4) is 0 Å². The molecule has 4 rings (SSSR count). The molecule has 0 bridgehead atoms. The molecule has 3 atom stereocenters. The second-order valence-corrected chi connectivity index (χ2v) is 15.1. The van der Waals surface area contributed by atoms with E-state index in [1.54, 1.807) is 7.11 Å². The molecule has 2 aromatic carbocycles. The third-order valence-corrected chi connectivity index (χ3v) is 12.6. The van der Waals surface area contributed by atoms with Crippen LogP contribution in [-0.4, -0.2) is 46.6 Å². The van der Waals surface area contributed by atoms with E-state index in [9.17, 15) is 0 Å². The summed E-state index contributed by atoms with van der Waals surface area (Å²) in [5.74, 6) is -0.547. The van der Waals surface area contributed by atoms with Crippen LogP contribution in [0.3, 0.4) is 0 Å². The van der Waals surface area contributed by atoms with Crippen molar-refractivity contribution in [2.24, 2.45) is 0 Å². The average molecular weight is 483 g/mol. The first kappa shape index (κ1) is 25.6. The lowest BCUT2D eigenvalue weighted by atomic mass is 9.90. The molecule has 0 unspecified atom stereocenters. The monoisotopic (exact) mass is 482 g/mol. The van der Waals surface area contributed by atoms with Gasteiger partial charge >= 0.3 is 0 Å². The molecular weight excluding hydrogens is 440 g/mol. The van der Waals surface area contributed by atoms with Crippen LogP contribution in [-0.2, 0) is 18.6 Å². The SMILES string of the molecule is CO[C@H]1CC[C@@H](CCCO[Si](c2ccccc2)(c2ccccc2)C(C)(C)C)O[C@@]12CCCCO2. The molecule has 5 heteroatoms. The van der Waals surface area contributed by atoms with Crippen LogP contribution in [0.4, 0.5) is 0 Å². The van der Waals surface area contributed by atoms with Gasteiger partial charge in [-0.05, 0) is 53.9 Å². The third-order valence-electron chi connectivity index (χ3n) is 7.56. The van der Waals surface area contributed by atoms with Gasteiger partial charge < -0.3 is 18.6 Å². The maximum atomic E-state index is 7.06. The molecule has 0 N–H and O–H groups in total. The molecule has 0 radical (unpaired) electrons. The second kappa shape index (κ2) is 11.0. The number of ether oxygens (including phenoxy) is 3. The Labute approximate surface area is 207 Å². The highest BCUT2D eigenvalue weighted by Gasteiger charge is 2.50. The molecule has 0 amide bonds. The van der Waals surface area contributed by atoms with Crippen molar-refractivity contribution in [3.05, 3.63) is 60.7 Å². The van der Waals surface area contributed by atoms with E-state index in [1.807, 2.05) is 0 Å². The molecule has 2 aliphatic heterocycles. The van der Waals surface area contributed by atoms with Crippen LogP contribution in [0.15, 0.2) is 60.7 Å². The van der Waals surface area contributed by atoms with E-state index in [1.165, 1.54) is 10.4 Å². The molecule has 0 aliphatic carbocycles. The van der Waals surface area contributed by atoms with Crippen LogP contribution in [0.25, 0.3) is 0 Å². The number of hydrogen-bond donors (Lipinski definition) is 0. The van der Waals surface area contributed by atoms with Crippen LogP contribution in [0.2, 0.25) is 5.04 Å². The number of rotatable bonds is 8. The Balaban J connectivity index is 1.47. The Hall–Kier alpha value is -1.50. The van der Waals surface area contributed by atoms with Crippen molar-refractivity contribution >= 4 is 18.7 Å².